The van der Waals surface area contributed by atoms with E-state index in [0.29, 0.717) is 46.9 Å². The molecule has 0 radical (unpaired) electrons. The number of nitrogens with zero attached hydrogens (tertiary/aromatic N) is 2. The third-order valence-corrected chi connectivity index (χ3v) is 10.2. The van der Waals surface area contributed by atoms with E-state index >= 15 is 0 Å². The Balaban J connectivity index is 1.26. The summed E-state index contributed by atoms with van der Waals surface area (Å²) in [5, 5.41) is 18.4. The van der Waals surface area contributed by atoms with E-state index in [1.54, 1.807) is 66.4 Å². The molecule has 0 aliphatic carbocycles. The normalized spacial score (nSPS) is 13.3. The molecule has 0 saturated carbocycles. The van der Waals surface area contributed by atoms with Gasteiger partial charge in [-0.3, -0.25) is 14.4 Å². The molecule has 262 valence electrons. The minimum atomic E-state index is -0.622. The van der Waals surface area contributed by atoms with E-state index in [-0.39, 0.29) is 11.6 Å². The van der Waals surface area contributed by atoms with Crippen LogP contribution in [0.3, 0.4) is 0 Å². The second-order valence-corrected chi connectivity index (χ2v) is 16.1. The Morgan fingerprint density at radius 1 is 1.02 bits per heavy atom. The summed E-state index contributed by atoms with van der Waals surface area (Å²) < 4.78 is 6.34. The van der Waals surface area contributed by atoms with Crippen molar-refractivity contribution >= 4 is 79.6 Å². The smallest absolute Gasteiger partial charge is 0.410 e. The van der Waals surface area contributed by atoms with Crippen LogP contribution >= 0.6 is 39.0 Å². The monoisotopic (exact) mass is 785 g/mol. The predicted octanol–water partition coefficient (Wildman–Crippen LogP) is 8.20. The van der Waals surface area contributed by atoms with Crippen molar-refractivity contribution < 1.29 is 23.9 Å². The molecule has 0 fully saturated rings. The number of hydrogen-bond acceptors (Lipinski definition) is 8. The van der Waals surface area contributed by atoms with E-state index in [9.17, 15) is 24.4 Å². The lowest BCUT2D eigenvalue weighted by atomic mass is 10.0. The fraction of sp³-hybridized carbons (Fsp3) is 0.237. The van der Waals surface area contributed by atoms with Crippen molar-refractivity contribution in [2.75, 3.05) is 17.2 Å². The molecular formula is C38H36BrN5O5S2. The summed E-state index contributed by atoms with van der Waals surface area (Å²) >= 11 is 6.03. The van der Waals surface area contributed by atoms with E-state index in [4.69, 9.17) is 4.74 Å². The van der Waals surface area contributed by atoms with Crippen LogP contribution in [0.2, 0.25) is 0 Å². The fourth-order valence-corrected chi connectivity index (χ4v) is 7.67. The number of fused-ring (bicyclic) bond motifs is 1. The molecule has 1 aliphatic rings. The highest BCUT2D eigenvalue weighted by Crippen LogP contribution is 2.38. The average Bonchev–Trinajstić information content (AvgIpc) is 3.43. The van der Waals surface area contributed by atoms with Gasteiger partial charge in [0.1, 0.15) is 22.4 Å². The van der Waals surface area contributed by atoms with Crippen molar-refractivity contribution in [1.82, 2.24) is 10.2 Å². The number of hydrogen-bond donors (Lipinski definition) is 3. The first-order chi connectivity index (χ1) is 24.3. The van der Waals surface area contributed by atoms with Crippen LogP contribution in [0.5, 0.6) is 0 Å². The summed E-state index contributed by atoms with van der Waals surface area (Å²) in [5.41, 5.74) is 2.27. The number of benzene rings is 3. The van der Waals surface area contributed by atoms with E-state index in [0.717, 1.165) is 19.8 Å². The first-order valence-electron chi connectivity index (χ1n) is 16.0. The molecule has 4 aromatic rings. The molecule has 51 heavy (non-hydrogen) atoms. The molecule has 4 amide bonds. The Morgan fingerprint density at radius 2 is 1.76 bits per heavy atom. The number of carbonyl (C=O) groups excluding carboxylic acids is 4. The van der Waals surface area contributed by atoms with Crippen molar-refractivity contribution in [3.63, 3.8) is 0 Å². The highest BCUT2D eigenvalue weighted by atomic mass is 79.9. The molecule has 1 aliphatic heterocycles. The number of nitriles is 1. The second-order valence-electron chi connectivity index (χ2n) is 12.6. The largest absolute Gasteiger partial charge is 0.444 e. The predicted molar refractivity (Wildman–Crippen MR) is 204 cm³/mol. The van der Waals surface area contributed by atoms with Gasteiger partial charge in [0.05, 0.1) is 17.4 Å². The Hall–Kier alpha value is -4.90. The number of amides is 4. The van der Waals surface area contributed by atoms with Crippen molar-refractivity contribution in [2.24, 2.45) is 0 Å². The van der Waals surface area contributed by atoms with Gasteiger partial charge in [0.25, 0.3) is 11.8 Å². The zero-order chi connectivity index (χ0) is 36.7. The first-order valence-corrected chi connectivity index (χ1v) is 18.5. The Kier molecular flexibility index (Phi) is 12.0. The number of nitrogens with one attached hydrogen (secondary N) is 3. The van der Waals surface area contributed by atoms with Crippen LogP contribution < -0.4 is 16.0 Å². The van der Waals surface area contributed by atoms with Gasteiger partial charge in [0.2, 0.25) is 5.91 Å². The lowest BCUT2D eigenvalue weighted by Gasteiger charge is -2.29. The number of rotatable bonds is 9. The van der Waals surface area contributed by atoms with Crippen LogP contribution in [-0.2, 0) is 27.3 Å². The molecule has 13 heteroatoms. The Bertz CT molecular complexity index is 2030. The second kappa shape index (κ2) is 16.4. The number of carbonyl (C=O) groups is 4. The Morgan fingerprint density at radius 3 is 2.47 bits per heavy atom. The number of thiophene rings is 1. The molecule has 3 N–H and O–H groups in total. The van der Waals surface area contributed by atoms with Crippen molar-refractivity contribution in [1.29, 1.82) is 5.26 Å². The summed E-state index contributed by atoms with van der Waals surface area (Å²) in [5.74, 6) is -1.25. The fourth-order valence-electron chi connectivity index (χ4n) is 5.11. The minimum absolute atomic E-state index is 0.0499. The van der Waals surface area contributed by atoms with Crippen LogP contribution in [0.4, 0.5) is 15.5 Å². The molecule has 0 bridgehead atoms. The summed E-state index contributed by atoms with van der Waals surface area (Å²) in [6.07, 6.45) is 1.67. The number of ether oxygens (including phenoxy) is 1. The first kappa shape index (κ1) is 37.4. The SMILES string of the molecule is CC(Sc1cccc(NC(=O)/C(=C\c2cccc(Br)c2)NC(=O)c2ccccc2)c1)C(=O)Nc1sc2c(c1C#N)CCN(C(=O)OC(C)(C)C)C2. The van der Waals surface area contributed by atoms with Gasteiger partial charge in [-0.05, 0) is 93.8 Å². The van der Waals surface area contributed by atoms with Crippen LogP contribution in [0.15, 0.2) is 93.9 Å². The van der Waals surface area contributed by atoms with Crippen LogP contribution in [0, 0.1) is 11.3 Å². The van der Waals surface area contributed by atoms with E-state index < -0.39 is 28.8 Å². The third kappa shape index (κ3) is 10.1. The maximum atomic E-state index is 13.5. The number of thioether (sulfide) groups is 1. The van der Waals surface area contributed by atoms with Crippen molar-refractivity contribution in [3.05, 3.63) is 116 Å². The molecule has 0 spiro atoms. The van der Waals surface area contributed by atoms with Crippen LogP contribution in [0.1, 0.15) is 59.6 Å². The molecule has 1 aromatic heterocycles. The van der Waals surface area contributed by atoms with Gasteiger partial charge in [-0.15, -0.1) is 23.1 Å². The summed E-state index contributed by atoms with van der Waals surface area (Å²) in [4.78, 5) is 55.7. The molecule has 5 rings (SSSR count). The lowest BCUT2D eigenvalue weighted by Crippen LogP contribution is -2.39. The maximum absolute atomic E-state index is 13.5. The molecule has 1 unspecified atom stereocenters. The zero-order valence-corrected chi connectivity index (χ0v) is 31.6. The number of halogens is 1. The quantitative estimate of drug-likeness (QED) is 0.115. The minimum Gasteiger partial charge on any atom is -0.444 e. The molecule has 3 aromatic carbocycles. The average molecular weight is 787 g/mol. The highest BCUT2D eigenvalue weighted by molar-refractivity contribution is 9.10. The third-order valence-electron chi connectivity index (χ3n) is 7.52. The summed E-state index contributed by atoms with van der Waals surface area (Å²) in [6, 6.07) is 25.3. The van der Waals surface area contributed by atoms with Gasteiger partial charge in [-0.1, -0.05) is 52.3 Å². The van der Waals surface area contributed by atoms with Gasteiger partial charge < -0.3 is 25.6 Å². The van der Waals surface area contributed by atoms with Crippen molar-refractivity contribution in [2.45, 2.75) is 56.4 Å². The molecular weight excluding hydrogens is 750 g/mol. The number of anilines is 2. The zero-order valence-electron chi connectivity index (χ0n) is 28.4. The van der Waals surface area contributed by atoms with Gasteiger partial charge in [-0.25, -0.2) is 4.79 Å². The van der Waals surface area contributed by atoms with Gasteiger partial charge in [-0.2, -0.15) is 5.26 Å². The standard InChI is InChI=1S/C38H36BrN5O5S2/c1-23(33(45)43-36-30(21-40)29-16-17-44(22-32(29)51-36)37(48)49-38(2,3)4)50-28-15-9-14-27(20-28)41-35(47)31(19-24-10-8-13-26(39)18-24)42-34(46)25-11-6-5-7-12-25/h5-15,18-20,23H,16-17,22H2,1-4H3,(H,41,47)(H,42,46)(H,43,45)/b31-19+. The van der Waals surface area contributed by atoms with Gasteiger partial charge in [0, 0.05) is 32.0 Å². The topological polar surface area (TPSA) is 141 Å². The van der Waals surface area contributed by atoms with Crippen molar-refractivity contribution in [3.8, 4) is 6.07 Å². The van der Waals surface area contributed by atoms with Crippen LogP contribution in [-0.4, -0.2) is 46.1 Å². The van der Waals surface area contributed by atoms with Gasteiger partial charge in [0.15, 0.2) is 0 Å². The molecule has 2 heterocycles. The molecule has 0 saturated heterocycles. The van der Waals surface area contributed by atoms with Crippen LogP contribution in [0.25, 0.3) is 6.08 Å². The van der Waals surface area contributed by atoms with Gasteiger partial charge >= 0.3 is 6.09 Å². The van der Waals surface area contributed by atoms with E-state index in [1.807, 2.05) is 51.1 Å². The molecule has 1 atom stereocenters. The van der Waals surface area contributed by atoms with E-state index in [1.165, 1.54) is 23.1 Å². The highest BCUT2D eigenvalue weighted by Gasteiger charge is 2.30. The van der Waals surface area contributed by atoms with E-state index in [2.05, 4.69) is 37.9 Å². The molecule has 10 nitrogen and oxygen atoms in total. The summed E-state index contributed by atoms with van der Waals surface area (Å²) in [7, 11) is 0. The Labute approximate surface area is 313 Å². The maximum Gasteiger partial charge on any atom is 0.410 e. The lowest BCUT2D eigenvalue weighted by molar-refractivity contribution is -0.115. The summed E-state index contributed by atoms with van der Waals surface area (Å²) in [6.45, 7) is 7.91.